The Kier molecular flexibility index (Phi) is 5.27. The van der Waals surface area contributed by atoms with E-state index in [1.54, 1.807) is 28.4 Å². The first-order valence-corrected chi connectivity index (χ1v) is 9.64. The van der Waals surface area contributed by atoms with Crippen LogP contribution in [-0.2, 0) is 12.3 Å². The number of rotatable bonds is 6. The van der Waals surface area contributed by atoms with E-state index in [2.05, 4.69) is 23.4 Å². The lowest BCUT2D eigenvalue weighted by atomic mass is 10.3. The van der Waals surface area contributed by atoms with Crippen molar-refractivity contribution in [2.75, 3.05) is 0 Å². The number of imidazole rings is 1. The number of thioether (sulfide) groups is 1. The summed E-state index contributed by atoms with van der Waals surface area (Å²) in [5.41, 5.74) is 4.78. The van der Waals surface area contributed by atoms with Crippen molar-refractivity contribution in [2.45, 2.75) is 58.0 Å². The van der Waals surface area contributed by atoms with Gasteiger partial charge in [-0.15, -0.1) is 0 Å². The van der Waals surface area contributed by atoms with Gasteiger partial charge in [0.05, 0.1) is 11.4 Å². The SMILES string of the molecule is CCCCn1c(SCc2cc(=O)n3cccc(C)c3n2)nc(C)c1C. The summed E-state index contributed by atoms with van der Waals surface area (Å²) in [6, 6.07) is 5.47. The van der Waals surface area contributed by atoms with Crippen LogP contribution in [0.15, 0.2) is 34.3 Å². The van der Waals surface area contributed by atoms with Gasteiger partial charge in [-0.1, -0.05) is 31.2 Å². The van der Waals surface area contributed by atoms with Crippen molar-refractivity contribution in [3.8, 4) is 0 Å². The lowest BCUT2D eigenvalue weighted by Crippen LogP contribution is -2.15. The molecule has 0 atom stereocenters. The fraction of sp³-hybridized carbons (Fsp3) is 0.421. The van der Waals surface area contributed by atoms with E-state index in [4.69, 9.17) is 4.98 Å². The van der Waals surface area contributed by atoms with Crippen LogP contribution in [0.1, 0.15) is 42.4 Å². The molecule has 0 N–H and O–H groups in total. The summed E-state index contributed by atoms with van der Waals surface area (Å²) >= 11 is 1.65. The van der Waals surface area contributed by atoms with Crippen molar-refractivity contribution in [2.24, 2.45) is 0 Å². The normalized spacial score (nSPS) is 11.4. The molecule has 0 radical (unpaired) electrons. The van der Waals surface area contributed by atoms with Crippen LogP contribution < -0.4 is 5.56 Å². The van der Waals surface area contributed by atoms with Gasteiger partial charge in [-0.2, -0.15) is 0 Å². The van der Waals surface area contributed by atoms with Crippen LogP contribution >= 0.6 is 11.8 Å². The largest absolute Gasteiger partial charge is 0.323 e. The molecule has 3 aromatic heterocycles. The number of pyridine rings is 1. The summed E-state index contributed by atoms with van der Waals surface area (Å²) in [4.78, 5) is 21.7. The fourth-order valence-electron chi connectivity index (χ4n) is 2.83. The minimum Gasteiger partial charge on any atom is -0.323 e. The van der Waals surface area contributed by atoms with Crippen LogP contribution in [0.25, 0.3) is 5.65 Å². The average Bonchev–Trinajstić information content (AvgIpc) is 2.86. The Bertz CT molecular complexity index is 958. The Hall–Kier alpha value is -2.08. The van der Waals surface area contributed by atoms with E-state index in [0.717, 1.165) is 47.1 Å². The summed E-state index contributed by atoms with van der Waals surface area (Å²) in [7, 11) is 0. The molecule has 0 aromatic carbocycles. The molecular weight excluding hydrogens is 332 g/mol. The lowest BCUT2D eigenvalue weighted by Gasteiger charge is -2.09. The Morgan fingerprint density at radius 1 is 1.20 bits per heavy atom. The molecule has 0 bridgehead atoms. The maximum Gasteiger partial charge on any atom is 0.258 e. The van der Waals surface area contributed by atoms with Crippen molar-refractivity contribution >= 4 is 17.4 Å². The predicted molar refractivity (Wildman–Crippen MR) is 102 cm³/mol. The number of unbranched alkanes of at least 4 members (excludes halogenated alkanes) is 1. The second-order valence-electron chi connectivity index (χ2n) is 6.33. The van der Waals surface area contributed by atoms with Gasteiger partial charge in [-0.05, 0) is 38.8 Å². The van der Waals surface area contributed by atoms with Gasteiger partial charge in [0.15, 0.2) is 5.16 Å². The van der Waals surface area contributed by atoms with Crippen LogP contribution in [0, 0.1) is 20.8 Å². The van der Waals surface area contributed by atoms with E-state index in [-0.39, 0.29) is 5.56 Å². The molecule has 3 aromatic rings. The number of aromatic nitrogens is 4. The molecule has 0 spiro atoms. The summed E-state index contributed by atoms with van der Waals surface area (Å²) in [5, 5.41) is 1.01. The molecule has 0 aliphatic rings. The second-order valence-corrected chi connectivity index (χ2v) is 7.27. The highest BCUT2D eigenvalue weighted by Crippen LogP contribution is 2.24. The molecule has 0 aliphatic carbocycles. The molecule has 132 valence electrons. The first-order valence-electron chi connectivity index (χ1n) is 8.65. The minimum atomic E-state index is -0.0361. The third kappa shape index (κ3) is 3.63. The highest BCUT2D eigenvalue weighted by Gasteiger charge is 2.12. The highest BCUT2D eigenvalue weighted by molar-refractivity contribution is 7.98. The van der Waals surface area contributed by atoms with Crippen molar-refractivity contribution in [3.63, 3.8) is 0 Å². The Morgan fingerprint density at radius 2 is 2.00 bits per heavy atom. The zero-order valence-electron chi connectivity index (χ0n) is 15.2. The third-order valence-electron chi connectivity index (χ3n) is 4.45. The fourth-order valence-corrected chi connectivity index (χ4v) is 3.84. The molecule has 0 saturated carbocycles. The first-order chi connectivity index (χ1) is 12.0. The van der Waals surface area contributed by atoms with Crippen molar-refractivity contribution < 1.29 is 0 Å². The van der Waals surface area contributed by atoms with Gasteiger partial charge >= 0.3 is 0 Å². The summed E-state index contributed by atoms with van der Waals surface area (Å²) < 4.78 is 3.88. The zero-order valence-corrected chi connectivity index (χ0v) is 16.1. The third-order valence-corrected chi connectivity index (χ3v) is 5.46. The number of hydrogen-bond donors (Lipinski definition) is 0. The Morgan fingerprint density at radius 3 is 2.76 bits per heavy atom. The molecule has 3 heterocycles. The molecule has 0 unspecified atom stereocenters. The molecule has 0 fully saturated rings. The standard InChI is InChI=1S/C19H24N4OS/c1-5-6-9-22-15(4)14(3)20-19(22)25-12-16-11-17(24)23-10-7-8-13(2)18(23)21-16/h7-8,10-11H,5-6,9,12H2,1-4H3. The Balaban J connectivity index is 1.87. The lowest BCUT2D eigenvalue weighted by molar-refractivity contribution is 0.575. The predicted octanol–water partition coefficient (Wildman–Crippen LogP) is 3.91. The van der Waals surface area contributed by atoms with Gasteiger partial charge in [0.25, 0.3) is 5.56 Å². The number of hydrogen-bond acceptors (Lipinski definition) is 4. The molecule has 0 saturated heterocycles. The van der Waals surface area contributed by atoms with Crippen LogP contribution in [0.2, 0.25) is 0 Å². The molecule has 6 heteroatoms. The van der Waals surface area contributed by atoms with Crippen LogP contribution in [0.3, 0.4) is 0 Å². The van der Waals surface area contributed by atoms with E-state index in [1.807, 2.05) is 26.0 Å². The molecule has 0 aliphatic heterocycles. The molecule has 5 nitrogen and oxygen atoms in total. The van der Waals surface area contributed by atoms with Crippen LogP contribution in [0.4, 0.5) is 0 Å². The van der Waals surface area contributed by atoms with E-state index in [9.17, 15) is 4.79 Å². The van der Waals surface area contributed by atoms with Crippen molar-refractivity contribution in [3.05, 3.63) is 57.4 Å². The zero-order chi connectivity index (χ0) is 18.0. The number of fused-ring (bicyclic) bond motifs is 1. The van der Waals surface area contributed by atoms with E-state index >= 15 is 0 Å². The topological polar surface area (TPSA) is 52.2 Å². The maximum atomic E-state index is 12.3. The van der Waals surface area contributed by atoms with Gasteiger partial charge in [-0.25, -0.2) is 9.97 Å². The maximum absolute atomic E-state index is 12.3. The average molecular weight is 356 g/mol. The summed E-state index contributed by atoms with van der Waals surface area (Å²) in [6.07, 6.45) is 4.06. The molecule has 0 amide bonds. The van der Waals surface area contributed by atoms with Crippen molar-refractivity contribution in [1.82, 2.24) is 18.9 Å². The van der Waals surface area contributed by atoms with E-state index in [1.165, 1.54) is 5.69 Å². The molecule has 3 rings (SSSR count). The van der Waals surface area contributed by atoms with Gasteiger partial charge in [0, 0.05) is 30.3 Å². The van der Waals surface area contributed by atoms with Gasteiger partial charge in [0.2, 0.25) is 0 Å². The summed E-state index contributed by atoms with van der Waals surface area (Å²) in [5.74, 6) is 0.641. The van der Waals surface area contributed by atoms with Crippen molar-refractivity contribution in [1.29, 1.82) is 0 Å². The first kappa shape index (κ1) is 17.7. The Labute approximate surface area is 152 Å². The van der Waals surface area contributed by atoms with E-state index in [0.29, 0.717) is 5.75 Å². The van der Waals surface area contributed by atoms with E-state index < -0.39 is 0 Å². The van der Waals surface area contributed by atoms with Crippen LogP contribution in [-0.4, -0.2) is 18.9 Å². The summed E-state index contributed by atoms with van der Waals surface area (Å²) in [6.45, 7) is 9.32. The minimum absolute atomic E-state index is 0.0361. The monoisotopic (exact) mass is 356 g/mol. The van der Waals surface area contributed by atoms with Gasteiger partial charge in [-0.3, -0.25) is 9.20 Å². The second kappa shape index (κ2) is 7.44. The quantitative estimate of drug-likeness (QED) is 0.629. The highest BCUT2D eigenvalue weighted by atomic mass is 32.2. The molecular formula is C19H24N4OS. The number of aryl methyl sites for hydroxylation is 2. The van der Waals surface area contributed by atoms with Gasteiger partial charge < -0.3 is 4.57 Å². The van der Waals surface area contributed by atoms with Gasteiger partial charge in [0.1, 0.15) is 5.65 Å². The van der Waals surface area contributed by atoms with Crippen LogP contribution in [0.5, 0.6) is 0 Å². The number of nitrogens with zero attached hydrogens (tertiary/aromatic N) is 4. The smallest absolute Gasteiger partial charge is 0.258 e. The molecule has 25 heavy (non-hydrogen) atoms.